The summed E-state index contributed by atoms with van der Waals surface area (Å²) < 4.78 is 13.0. The highest BCUT2D eigenvalue weighted by Gasteiger charge is 2.14. The summed E-state index contributed by atoms with van der Waals surface area (Å²) in [5.41, 5.74) is 1.85. The van der Waals surface area contributed by atoms with Crippen LogP contribution in [-0.2, 0) is 6.42 Å². The maximum atomic E-state index is 13.0. The van der Waals surface area contributed by atoms with Gasteiger partial charge < -0.3 is 0 Å². The van der Waals surface area contributed by atoms with E-state index in [4.69, 9.17) is 16.6 Å². The van der Waals surface area contributed by atoms with Gasteiger partial charge in [0.2, 0.25) is 0 Å². The Labute approximate surface area is 129 Å². The van der Waals surface area contributed by atoms with E-state index in [1.807, 2.05) is 11.4 Å². The first-order valence-electron chi connectivity index (χ1n) is 6.13. The Bertz CT molecular complexity index is 689. The van der Waals surface area contributed by atoms with E-state index in [2.05, 4.69) is 6.07 Å². The third kappa shape index (κ3) is 2.77. The second-order valence-electron chi connectivity index (χ2n) is 4.21. The molecule has 3 rings (SSSR count). The second-order valence-corrected chi connectivity index (χ2v) is 6.62. The average Bonchev–Trinajstić information content (AvgIpc) is 3.09. The molecule has 1 nitrogen and oxygen atoms in total. The summed E-state index contributed by atoms with van der Waals surface area (Å²) in [4.78, 5) is 7.02. The quantitative estimate of drug-likeness (QED) is 0.581. The number of hydrogen-bond donors (Lipinski definition) is 0. The molecule has 0 aliphatic carbocycles. The summed E-state index contributed by atoms with van der Waals surface area (Å²) in [7, 11) is 0. The van der Waals surface area contributed by atoms with Gasteiger partial charge in [-0.2, -0.15) is 0 Å². The Kier molecular flexibility index (Phi) is 4.15. The highest BCUT2D eigenvalue weighted by molar-refractivity contribution is 7.21. The van der Waals surface area contributed by atoms with Crippen LogP contribution in [0.5, 0.6) is 0 Å². The lowest BCUT2D eigenvalue weighted by atomic mass is 10.1. The topological polar surface area (TPSA) is 12.9 Å². The van der Waals surface area contributed by atoms with Gasteiger partial charge in [-0.05, 0) is 42.1 Å². The molecule has 2 heterocycles. The number of aromatic nitrogens is 1. The van der Waals surface area contributed by atoms with E-state index in [1.54, 1.807) is 34.8 Å². The van der Waals surface area contributed by atoms with Crippen molar-refractivity contribution in [3.63, 3.8) is 0 Å². The zero-order valence-corrected chi connectivity index (χ0v) is 12.9. The van der Waals surface area contributed by atoms with Gasteiger partial charge in [0.25, 0.3) is 0 Å². The van der Waals surface area contributed by atoms with E-state index in [-0.39, 0.29) is 5.82 Å². The monoisotopic (exact) mass is 323 g/mol. The molecule has 20 heavy (non-hydrogen) atoms. The molecule has 0 N–H and O–H groups in total. The van der Waals surface area contributed by atoms with Crippen LogP contribution >= 0.6 is 34.3 Å². The summed E-state index contributed by atoms with van der Waals surface area (Å²) in [6.07, 6.45) is 0.775. The molecule has 0 amide bonds. The van der Waals surface area contributed by atoms with E-state index in [9.17, 15) is 4.39 Å². The van der Waals surface area contributed by atoms with Gasteiger partial charge >= 0.3 is 0 Å². The van der Waals surface area contributed by atoms with Crippen LogP contribution in [-0.4, -0.2) is 10.9 Å². The zero-order chi connectivity index (χ0) is 13.9. The highest BCUT2D eigenvalue weighted by Crippen LogP contribution is 2.36. The van der Waals surface area contributed by atoms with Crippen LogP contribution in [0.4, 0.5) is 4.39 Å². The molecule has 1 aromatic carbocycles. The molecule has 0 spiro atoms. The largest absolute Gasteiger partial charge is 0.235 e. The zero-order valence-electron chi connectivity index (χ0n) is 10.5. The molecule has 0 saturated carbocycles. The molecule has 0 saturated heterocycles. The second kappa shape index (κ2) is 6.04. The third-order valence-corrected chi connectivity index (χ3v) is 5.21. The average molecular weight is 324 g/mol. The number of hydrogen-bond acceptors (Lipinski definition) is 3. The molecule has 0 aliphatic heterocycles. The molecular formula is C15H11ClFNS2. The molecule has 0 bridgehead atoms. The summed E-state index contributed by atoms with van der Waals surface area (Å²) in [6, 6.07) is 10.5. The normalized spacial score (nSPS) is 10.9. The van der Waals surface area contributed by atoms with Gasteiger partial charge in [0, 0.05) is 16.3 Å². The van der Waals surface area contributed by atoms with Crippen molar-refractivity contribution < 1.29 is 4.39 Å². The first kappa shape index (κ1) is 13.7. The minimum absolute atomic E-state index is 0.235. The van der Waals surface area contributed by atoms with Gasteiger partial charge in [-0.25, -0.2) is 9.37 Å². The first-order chi connectivity index (χ1) is 9.78. The van der Waals surface area contributed by atoms with Crippen molar-refractivity contribution in [2.75, 3.05) is 5.88 Å². The standard InChI is InChI=1S/C15H11ClFNS2/c16-8-7-12-14(10-3-5-11(17)6-4-10)18-15(20-12)13-2-1-9-19-13/h1-6,9H,7-8H2. The Balaban J connectivity index is 2.06. The third-order valence-electron chi connectivity index (χ3n) is 2.87. The molecule has 102 valence electrons. The lowest BCUT2D eigenvalue weighted by molar-refractivity contribution is 0.628. The maximum Gasteiger partial charge on any atom is 0.134 e. The molecule has 3 aromatic rings. The number of aryl methyl sites for hydroxylation is 1. The van der Waals surface area contributed by atoms with Crippen LogP contribution in [0.3, 0.4) is 0 Å². The lowest BCUT2D eigenvalue weighted by Crippen LogP contribution is -1.87. The number of rotatable bonds is 4. The Morgan fingerprint density at radius 3 is 2.60 bits per heavy atom. The fraction of sp³-hybridized carbons (Fsp3) is 0.133. The highest BCUT2D eigenvalue weighted by atomic mass is 35.5. The minimum Gasteiger partial charge on any atom is -0.235 e. The Morgan fingerprint density at radius 1 is 1.15 bits per heavy atom. The van der Waals surface area contributed by atoms with E-state index >= 15 is 0 Å². The Morgan fingerprint density at radius 2 is 1.95 bits per heavy atom. The van der Waals surface area contributed by atoms with E-state index in [0.29, 0.717) is 5.88 Å². The molecule has 0 unspecified atom stereocenters. The summed E-state index contributed by atoms with van der Waals surface area (Å²) >= 11 is 9.21. The molecule has 2 aromatic heterocycles. The molecule has 5 heteroatoms. The number of nitrogens with zero attached hydrogens (tertiary/aromatic N) is 1. The van der Waals surface area contributed by atoms with E-state index in [1.165, 1.54) is 12.1 Å². The van der Waals surface area contributed by atoms with Gasteiger partial charge in [0.05, 0.1) is 10.6 Å². The van der Waals surface area contributed by atoms with Gasteiger partial charge in [-0.3, -0.25) is 0 Å². The fourth-order valence-electron chi connectivity index (χ4n) is 1.95. The molecule has 0 radical (unpaired) electrons. The lowest BCUT2D eigenvalue weighted by Gasteiger charge is -2.00. The predicted octanol–water partition coefficient (Wildman–Crippen LogP) is 5.46. The van der Waals surface area contributed by atoms with Crippen molar-refractivity contribution >= 4 is 34.3 Å². The molecule has 0 fully saturated rings. The summed E-state index contributed by atoms with van der Waals surface area (Å²) in [5, 5.41) is 3.04. The van der Waals surface area contributed by atoms with Crippen molar-refractivity contribution in [3.05, 3.63) is 52.5 Å². The van der Waals surface area contributed by atoms with Gasteiger partial charge in [-0.1, -0.05) is 6.07 Å². The summed E-state index contributed by atoms with van der Waals surface area (Å²) in [5.74, 6) is 0.321. The van der Waals surface area contributed by atoms with Crippen LogP contribution in [0.15, 0.2) is 41.8 Å². The number of thiophene rings is 1. The smallest absolute Gasteiger partial charge is 0.134 e. The number of halogens is 2. The van der Waals surface area contributed by atoms with Gasteiger partial charge in [0.1, 0.15) is 10.8 Å². The van der Waals surface area contributed by atoms with Crippen LogP contribution in [0, 0.1) is 5.82 Å². The van der Waals surface area contributed by atoms with Crippen molar-refractivity contribution in [1.29, 1.82) is 0 Å². The van der Waals surface area contributed by atoms with Gasteiger partial charge in [-0.15, -0.1) is 34.3 Å². The molecular weight excluding hydrogens is 313 g/mol. The SMILES string of the molecule is Fc1ccc(-c2nc(-c3cccs3)sc2CCCl)cc1. The molecule has 0 aliphatic rings. The van der Waals surface area contributed by atoms with Crippen LogP contribution < -0.4 is 0 Å². The van der Waals surface area contributed by atoms with Crippen molar-refractivity contribution in [2.45, 2.75) is 6.42 Å². The van der Waals surface area contributed by atoms with Crippen molar-refractivity contribution in [3.8, 4) is 21.1 Å². The summed E-state index contributed by atoms with van der Waals surface area (Å²) in [6.45, 7) is 0. The van der Waals surface area contributed by atoms with Crippen molar-refractivity contribution in [2.24, 2.45) is 0 Å². The fourth-order valence-corrected chi connectivity index (χ4v) is 4.13. The number of benzene rings is 1. The minimum atomic E-state index is -0.235. The Hall–Kier alpha value is -1.23. The molecule has 0 atom stereocenters. The van der Waals surface area contributed by atoms with E-state index < -0.39 is 0 Å². The van der Waals surface area contributed by atoms with Crippen LogP contribution in [0.25, 0.3) is 21.1 Å². The maximum absolute atomic E-state index is 13.0. The predicted molar refractivity (Wildman–Crippen MR) is 85.2 cm³/mol. The van der Waals surface area contributed by atoms with Gasteiger partial charge in [0.15, 0.2) is 0 Å². The van der Waals surface area contributed by atoms with Crippen LogP contribution in [0.1, 0.15) is 4.88 Å². The van der Waals surface area contributed by atoms with Crippen molar-refractivity contribution in [1.82, 2.24) is 4.98 Å². The first-order valence-corrected chi connectivity index (χ1v) is 8.36. The number of thiazole rings is 1. The van der Waals surface area contributed by atoms with Crippen LogP contribution in [0.2, 0.25) is 0 Å². The number of alkyl halides is 1. The van der Waals surface area contributed by atoms with E-state index in [0.717, 1.165) is 32.4 Å².